The second-order valence-corrected chi connectivity index (χ2v) is 23.1. The van der Waals surface area contributed by atoms with E-state index in [1.54, 1.807) is 98.7 Å². The van der Waals surface area contributed by atoms with Crippen LogP contribution >= 0.6 is 11.6 Å². The summed E-state index contributed by atoms with van der Waals surface area (Å²) in [5, 5.41) is 33.4. The van der Waals surface area contributed by atoms with Gasteiger partial charge in [-0.15, -0.1) is 0 Å². The SMILES string of the molecule is C[C@@H]1NC(=O)[C@@H](N(C)C(=O)[C@H](CCCCNC(=O)OC(C)(C)C)NC(=O)c2ccc(-c3ccc(Cl)cc3)cc2)c2ccc(OC(=O)OC(C)(C)C)c(c2)-c2cc(ccc2OC(=O)OC(C)(C)C)C[C@@H](C(=O)N[C@@H](C)C(O)C(=O)O)NC1=O. The summed E-state index contributed by atoms with van der Waals surface area (Å²) in [6, 6.07) is 14.8. The van der Waals surface area contributed by atoms with Gasteiger partial charge in [0.25, 0.3) is 5.91 Å². The molecule has 1 aliphatic rings. The highest BCUT2D eigenvalue weighted by molar-refractivity contribution is 6.30. The van der Waals surface area contributed by atoms with Crippen LogP contribution < -0.4 is 36.1 Å². The standard InChI is InChI=1S/C59H73ClN6O16/c1-32(47(67)53(73)74)62-50(70)43-30-34-16-26-44(78-55(76)81-58(6,7)8)40(29-34)41-31-38(23-27-45(41)79-56(77)82-59(9,10)11)46(51(71)63-33(2)48(68)65-43)66(12)52(72)42(15-13-14-28-61-54(75)80-57(3,4)5)64-49(69)37-19-17-35(18-20-37)36-21-24-39(60)25-22-36/h16-27,29,31-33,42-43,46-47,67H,13-15,28,30H2,1-12H3,(H,61,75)(H,62,70)(H,63,71)(H,64,69)(H,65,68)(H,73,74)/t32-,33-,42-,43-,46-,47?/m0/s1. The van der Waals surface area contributed by atoms with Gasteiger partial charge in [-0.3, -0.25) is 24.0 Å². The minimum absolute atomic E-state index is 0.00491. The van der Waals surface area contributed by atoms with Crippen molar-refractivity contribution in [3.8, 4) is 33.8 Å². The van der Waals surface area contributed by atoms with Crippen molar-refractivity contribution in [2.45, 2.75) is 155 Å². The molecular weight excluding hydrogens is 1080 g/mol. The minimum atomic E-state index is -2.04. The molecule has 82 heavy (non-hydrogen) atoms. The lowest BCUT2D eigenvalue weighted by Gasteiger charge is -2.33. The summed E-state index contributed by atoms with van der Waals surface area (Å²) in [6.45, 7) is 17.5. The number of carbonyl (C=O) groups excluding carboxylic acids is 8. The zero-order valence-electron chi connectivity index (χ0n) is 48.0. The molecule has 442 valence electrons. The van der Waals surface area contributed by atoms with E-state index in [-0.39, 0.29) is 65.1 Å². The maximum absolute atomic E-state index is 15.2. The molecule has 1 aliphatic heterocycles. The van der Waals surface area contributed by atoms with Crippen LogP contribution in [0.2, 0.25) is 5.02 Å². The fraction of sp³-hybridized carbons (Fsp3) is 0.441. The smallest absolute Gasteiger partial charge is 0.479 e. The number of fused-ring (bicyclic) bond motifs is 5. The van der Waals surface area contributed by atoms with Crippen LogP contribution in [0, 0.1) is 0 Å². The number of benzene rings is 4. The van der Waals surface area contributed by atoms with Crippen molar-refractivity contribution >= 4 is 65.5 Å². The monoisotopic (exact) mass is 1160 g/mol. The molecule has 0 saturated carbocycles. The van der Waals surface area contributed by atoms with Crippen molar-refractivity contribution in [2.75, 3.05) is 13.6 Å². The number of ether oxygens (including phenoxy) is 5. The Bertz CT molecular complexity index is 3000. The Morgan fingerprint density at radius 2 is 1.24 bits per heavy atom. The van der Waals surface area contributed by atoms with Crippen LogP contribution in [0.25, 0.3) is 22.3 Å². The number of likely N-dealkylation sites (N-methyl/N-ethyl adjacent to an activating group) is 1. The number of alkyl carbamates (subject to hydrolysis) is 1. The van der Waals surface area contributed by atoms with E-state index < -0.39 is 107 Å². The van der Waals surface area contributed by atoms with E-state index in [9.17, 15) is 43.8 Å². The van der Waals surface area contributed by atoms with E-state index in [1.807, 2.05) is 12.1 Å². The Hall–Kier alpha value is -8.24. The zero-order valence-corrected chi connectivity index (χ0v) is 48.8. The number of hydrogen-bond donors (Lipinski definition) is 7. The predicted molar refractivity (Wildman–Crippen MR) is 302 cm³/mol. The molecule has 23 heteroatoms. The van der Waals surface area contributed by atoms with E-state index in [2.05, 4.69) is 26.6 Å². The van der Waals surface area contributed by atoms with Crippen LogP contribution in [-0.2, 0) is 44.6 Å². The zero-order chi connectivity index (χ0) is 61.0. The molecule has 0 spiro atoms. The molecular formula is C59H73ClN6O16. The molecule has 0 fully saturated rings. The van der Waals surface area contributed by atoms with Gasteiger partial charge in [0.2, 0.25) is 23.6 Å². The topological polar surface area (TPSA) is 304 Å². The number of aliphatic carboxylic acids is 1. The molecule has 1 heterocycles. The Balaban J connectivity index is 1.67. The van der Waals surface area contributed by atoms with Gasteiger partial charge in [0.05, 0.1) is 6.04 Å². The molecule has 0 aliphatic carbocycles. The molecule has 0 radical (unpaired) electrons. The number of aliphatic hydroxyl groups excluding tert-OH is 1. The number of rotatable bonds is 16. The Morgan fingerprint density at radius 3 is 1.79 bits per heavy atom. The van der Waals surface area contributed by atoms with Gasteiger partial charge in [-0.05, 0) is 166 Å². The van der Waals surface area contributed by atoms with Crippen molar-refractivity contribution < 1.29 is 77.0 Å². The number of aliphatic hydroxyl groups is 1. The Labute approximate surface area is 481 Å². The van der Waals surface area contributed by atoms with Gasteiger partial charge in [-0.25, -0.2) is 19.2 Å². The largest absolute Gasteiger partial charge is 0.514 e. The summed E-state index contributed by atoms with van der Waals surface area (Å²) in [5.74, 6) is -6.24. The number of unbranched alkanes of at least 4 members (excludes halogenated alkanes) is 1. The number of carbonyl (C=O) groups is 9. The third-order valence-corrected chi connectivity index (χ3v) is 12.5. The molecule has 0 aromatic heterocycles. The summed E-state index contributed by atoms with van der Waals surface area (Å²) in [6.07, 6.45) is -4.77. The summed E-state index contributed by atoms with van der Waals surface area (Å²) < 4.78 is 28.0. The van der Waals surface area contributed by atoms with E-state index in [0.717, 1.165) is 16.0 Å². The van der Waals surface area contributed by atoms with Crippen molar-refractivity contribution in [1.29, 1.82) is 0 Å². The number of carboxylic acids is 1. The summed E-state index contributed by atoms with van der Waals surface area (Å²) >= 11 is 6.11. The van der Waals surface area contributed by atoms with Gasteiger partial charge in [-0.2, -0.15) is 0 Å². The Kier molecular flexibility index (Phi) is 21.6. The van der Waals surface area contributed by atoms with Crippen LogP contribution in [0.1, 0.15) is 123 Å². The number of nitrogens with zero attached hydrogens (tertiary/aromatic N) is 1. The number of carboxylic acid groups (broad SMARTS) is 1. The van der Waals surface area contributed by atoms with Crippen LogP contribution in [0.4, 0.5) is 14.4 Å². The number of halogens is 1. The van der Waals surface area contributed by atoms with Gasteiger partial charge < -0.3 is 65.4 Å². The molecule has 4 aromatic rings. The average molecular weight is 1160 g/mol. The van der Waals surface area contributed by atoms with Gasteiger partial charge in [0, 0.05) is 41.7 Å². The van der Waals surface area contributed by atoms with Crippen LogP contribution in [0.3, 0.4) is 0 Å². The fourth-order valence-corrected chi connectivity index (χ4v) is 8.44. The molecule has 0 saturated heterocycles. The molecule has 5 rings (SSSR count). The second kappa shape index (κ2) is 27.5. The first-order chi connectivity index (χ1) is 38.2. The summed E-state index contributed by atoms with van der Waals surface area (Å²) in [4.78, 5) is 125. The number of hydrogen-bond acceptors (Lipinski definition) is 15. The molecule has 1 unspecified atom stereocenters. The van der Waals surface area contributed by atoms with Gasteiger partial charge >= 0.3 is 24.4 Å². The van der Waals surface area contributed by atoms with Crippen molar-refractivity contribution in [2.24, 2.45) is 0 Å². The quantitative estimate of drug-likeness (QED) is 0.0244. The van der Waals surface area contributed by atoms with Crippen LogP contribution in [0.5, 0.6) is 11.5 Å². The maximum atomic E-state index is 15.2. The predicted octanol–water partition coefficient (Wildman–Crippen LogP) is 7.79. The lowest BCUT2D eigenvalue weighted by molar-refractivity contribution is -0.148. The van der Waals surface area contributed by atoms with E-state index in [4.69, 9.17) is 35.3 Å². The molecule has 4 aromatic carbocycles. The highest BCUT2D eigenvalue weighted by Crippen LogP contribution is 2.41. The first-order valence-corrected chi connectivity index (χ1v) is 26.9. The van der Waals surface area contributed by atoms with Gasteiger partial charge in [0.15, 0.2) is 6.10 Å². The normalized spacial score (nSPS) is 16.7. The highest BCUT2D eigenvalue weighted by Gasteiger charge is 2.37. The van der Waals surface area contributed by atoms with Crippen LogP contribution in [-0.4, -0.2) is 130 Å². The number of amides is 6. The second-order valence-electron chi connectivity index (χ2n) is 22.7. The van der Waals surface area contributed by atoms with Gasteiger partial charge in [-0.1, -0.05) is 48.0 Å². The number of nitrogens with one attached hydrogen (secondary N) is 5. The molecule has 7 N–H and O–H groups in total. The minimum Gasteiger partial charge on any atom is -0.479 e. The third kappa shape index (κ3) is 19.2. The van der Waals surface area contributed by atoms with Gasteiger partial charge in [0.1, 0.15) is 52.5 Å². The lowest BCUT2D eigenvalue weighted by atomic mass is 9.93. The first-order valence-electron chi connectivity index (χ1n) is 26.5. The third-order valence-electron chi connectivity index (χ3n) is 12.2. The highest BCUT2D eigenvalue weighted by atomic mass is 35.5. The van der Waals surface area contributed by atoms with Crippen LogP contribution in [0.15, 0.2) is 84.9 Å². The first kappa shape index (κ1) is 64.6. The Morgan fingerprint density at radius 1 is 0.707 bits per heavy atom. The maximum Gasteiger partial charge on any atom is 0.514 e. The van der Waals surface area contributed by atoms with Crippen molar-refractivity contribution in [3.63, 3.8) is 0 Å². The van der Waals surface area contributed by atoms with Crippen molar-refractivity contribution in [1.82, 2.24) is 31.5 Å². The summed E-state index contributed by atoms with van der Waals surface area (Å²) in [7, 11) is 1.31. The summed E-state index contributed by atoms with van der Waals surface area (Å²) in [5.41, 5.74) is -0.739. The molecule has 6 atom stereocenters. The van der Waals surface area contributed by atoms with E-state index >= 15 is 9.59 Å². The molecule has 6 amide bonds. The van der Waals surface area contributed by atoms with E-state index in [0.29, 0.717) is 11.4 Å². The van der Waals surface area contributed by atoms with Crippen molar-refractivity contribution in [3.05, 3.63) is 107 Å². The molecule has 22 nitrogen and oxygen atoms in total. The fourth-order valence-electron chi connectivity index (χ4n) is 8.32. The van der Waals surface area contributed by atoms with E-state index in [1.165, 1.54) is 57.3 Å². The lowest BCUT2D eigenvalue weighted by Crippen LogP contribution is -2.57. The molecule has 4 bridgehead atoms. The average Bonchev–Trinajstić information content (AvgIpc) is 3.56.